The van der Waals surface area contributed by atoms with Crippen molar-refractivity contribution >= 4 is 35.5 Å². The Bertz CT molecular complexity index is 501. The fourth-order valence-corrected chi connectivity index (χ4v) is 3.01. The van der Waals surface area contributed by atoms with E-state index in [1.54, 1.807) is 0 Å². The van der Waals surface area contributed by atoms with Crippen LogP contribution in [-0.2, 0) is 19.2 Å². The lowest BCUT2D eigenvalue weighted by Crippen LogP contribution is -2.54. The molecule has 0 aliphatic carbocycles. The van der Waals surface area contributed by atoms with Gasteiger partial charge < -0.3 is 26.2 Å². The predicted molar refractivity (Wildman–Crippen MR) is 87.5 cm³/mol. The smallest absolute Gasteiger partial charge is 0.326 e. The van der Waals surface area contributed by atoms with E-state index in [0.717, 1.165) is 0 Å². The summed E-state index contributed by atoms with van der Waals surface area (Å²) in [6.45, 7) is 0.322. The highest BCUT2D eigenvalue weighted by molar-refractivity contribution is 7.98. The molecule has 2 amide bonds. The Hall–Kier alpha value is -1.81. The molecule has 1 rings (SSSR count). The molecule has 1 aliphatic rings. The predicted octanol–water partition coefficient (Wildman–Crippen LogP) is -0.898. The Balaban J connectivity index is 2.80. The van der Waals surface area contributed by atoms with Gasteiger partial charge in [0.1, 0.15) is 12.1 Å². The van der Waals surface area contributed by atoms with Gasteiger partial charge in [-0.3, -0.25) is 14.4 Å². The fourth-order valence-electron chi connectivity index (χ4n) is 2.54. The molecule has 9 nitrogen and oxygen atoms in total. The van der Waals surface area contributed by atoms with Crippen LogP contribution in [-0.4, -0.2) is 75.5 Å². The van der Waals surface area contributed by atoms with Crippen molar-refractivity contribution in [2.45, 2.75) is 43.8 Å². The molecule has 0 saturated carbocycles. The second-order valence-corrected chi connectivity index (χ2v) is 6.56. The van der Waals surface area contributed by atoms with E-state index in [9.17, 15) is 24.3 Å². The van der Waals surface area contributed by atoms with E-state index in [1.165, 1.54) is 16.7 Å². The van der Waals surface area contributed by atoms with Crippen LogP contribution in [0.4, 0.5) is 0 Å². The van der Waals surface area contributed by atoms with Gasteiger partial charge in [-0.25, -0.2) is 4.79 Å². The molecule has 0 bridgehead atoms. The lowest BCUT2D eigenvalue weighted by atomic mass is 10.1. The number of aliphatic carboxylic acids is 2. The highest BCUT2D eigenvalue weighted by atomic mass is 32.2. The number of rotatable bonds is 9. The Morgan fingerprint density at radius 3 is 2.54 bits per heavy atom. The van der Waals surface area contributed by atoms with Crippen LogP contribution in [0.2, 0.25) is 0 Å². The fraction of sp³-hybridized carbons (Fsp3) is 0.714. The van der Waals surface area contributed by atoms with Crippen LogP contribution in [0, 0.1) is 0 Å². The second-order valence-electron chi connectivity index (χ2n) is 5.57. The number of carboxylic acid groups (broad SMARTS) is 2. The summed E-state index contributed by atoms with van der Waals surface area (Å²) in [5, 5.41) is 20.3. The molecule has 24 heavy (non-hydrogen) atoms. The van der Waals surface area contributed by atoms with Crippen molar-refractivity contribution in [2.24, 2.45) is 5.73 Å². The Morgan fingerprint density at radius 1 is 1.33 bits per heavy atom. The minimum absolute atomic E-state index is 0.314. The minimum atomic E-state index is -1.26. The average molecular weight is 361 g/mol. The Morgan fingerprint density at radius 2 is 2.00 bits per heavy atom. The molecule has 10 heteroatoms. The van der Waals surface area contributed by atoms with E-state index in [0.29, 0.717) is 31.6 Å². The van der Waals surface area contributed by atoms with Crippen molar-refractivity contribution < 1.29 is 29.4 Å². The standard InChI is InChI=1S/C14H23N3O6S/c1-24-6-4-9(16-12(20)8(15)7-11(18)19)13(21)17-5-2-3-10(17)14(22)23/h8-10H,2-7,15H2,1H3,(H,16,20)(H,18,19)(H,22,23)/t8-,9-,10+/m0/s1. The number of carbonyl (C=O) groups is 4. The lowest BCUT2D eigenvalue weighted by molar-refractivity contribution is -0.149. The van der Waals surface area contributed by atoms with Crippen LogP contribution in [0.25, 0.3) is 0 Å². The Labute approximate surface area is 143 Å². The van der Waals surface area contributed by atoms with Crippen LogP contribution in [0.5, 0.6) is 0 Å². The van der Waals surface area contributed by atoms with Crippen molar-refractivity contribution in [2.75, 3.05) is 18.6 Å². The van der Waals surface area contributed by atoms with Gasteiger partial charge in [0.05, 0.1) is 12.5 Å². The zero-order valence-corrected chi connectivity index (χ0v) is 14.3. The van der Waals surface area contributed by atoms with Crippen LogP contribution in [0.15, 0.2) is 0 Å². The number of thioether (sulfide) groups is 1. The molecule has 1 fully saturated rings. The lowest BCUT2D eigenvalue weighted by Gasteiger charge is -2.27. The van der Waals surface area contributed by atoms with Crippen LogP contribution < -0.4 is 11.1 Å². The van der Waals surface area contributed by atoms with Crippen LogP contribution in [0.1, 0.15) is 25.7 Å². The first-order chi connectivity index (χ1) is 11.3. The molecule has 136 valence electrons. The summed E-state index contributed by atoms with van der Waals surface area (Å²) in [6.07, 6.45) is 2.58. The number of hydrogen-bond acceptors (Lipinski definition) is 6. The van der Waals surface area contributed by atoms with Gasteiger partial charge in [-0.15, -0.1) is 0 Å². The molecular formula is C14H23N3O6S. The highest BCUT2D eigenvalue weighted by Gasteiger charge is 2.37. The van der Waals surface area contributed by atoms with Crippen molar-refractivity contribution in [3.8, 4) is 0 Å². The first-order valence-electron chi connectivity index (χ1n) is 7.57. The minimum Gasteiger partial charge on any atom is -0.481 e. The van der Waals surface area contributed by atoms with Crippen molar-refractivity contribution in [1.82, 2.24) is 10.2 Å². The van der Waals surface area contributed by atoms with E-state index in [4.69, 9.17) is 10.8 Å². The van der Waals surface area contributed by atoms with Crippen LogP contribution >= 0.6 is 11.8 Å². The SMILES string of the molecule is CSCC[C@H](NC(=O)[C@@H](N)CC(=O)O)C(=O)N1CCC[C@@H]1C(=O)O. The molecule has 0 radical (unpaired) electrons. The molecule has 0 aromatic rings. The summed E-state index contributed by atoms with van der Waals surface area (Å²) < 4.78 is 0. The molecular weight excluding hydrogens is 338 g/mol. The first-order valence-corrected chi connectivity index (χ1v) is 8.97. The van der Waals surface area contributed by atoms with Gasteiger partial charge in [0.2, 0.25) is 11.8 Å². The van der Waals surface area contributed by atoms with E-state index in [2.05, 4.69) is 5.32 Å². The topological polar surface area (TPSA) is 150 Å². The summed E-state index contributed by atoms with van der Waals surface area (Å²) in [5.74, 6) is -2.91. The largest absolute Gasteiger partial charge is 0.481 e. The number of nitrogens with one attached hydrogen (secondary N) is 1. The van der Waals surface area contributed by atoms with E-state index < -0.39 is 48.3 Å². The second kappa shape index (κ2) is 9.48. The Kier molecular flexibility index (Phi) is 7.99. The van der Waals surface area contributed by atoms with E-state index >= 15 is 0 Å². The summed E-state index contributed by atoms with van der Waals surface area (Å²) >= 11 is 1.48. The van der Waals surface area contributed by atoms with Gasteiger partial charge in [0.15, 0.2) is 0 Å². The monoisotopic (exact) mass is 361 g/mol. The van der Waals surface area contributed by atoms with Gasteiger partial charge in [0.25, 0.3) is 0 Å². The third kappa shape index (κ3) is 5.68. The molecule has 0 spiro atoms. The first kappa shape index (κ1) is 20.2. The van der Waals surface area contributed by atoms with E-state index in [-0.39, 0.29) is 0 Å². The molecule has 1 heterocycles. The maximum Gasteiger partial charge on any atom is 0.326 e. The molecule has 1 aliphatic heterocycles. The molecule has 0 unspecified atom stereocenters. The quantitative estimate of drug-likeness (QED) is 0.413. The average Bonchev–Trinajstić information content (AvgIpc) is 2.99. The third-order valence-electron chi connectivity index (χ3n) is 3.78. The highest BCUT2D eigenvalue weighted by Crippen LogP contribution is 2.19. The van der Waals surface area contributed by atoms with E-state index in [1.807, 2.05) is 6.26 Å². The van der Waals surface area contributed by atoms with Gasteiger partial charge in [-0.2, -0.15) is 11.8 Å². The zero-order valence-electron chi connectivity index (χ0n) is 13.4. The number of hydrogen-bond donors (Lipinski definition) is 4. The molecule has 3 atom stereocenters. The normalized spacial score (nSPS) is 19.6. The number of carboxylic acids is 2. The number of carbonyl (C=O) groups excluding carboxylic acids is 2. The van der Waals surface area contributed by atoms with Crippen LogP contribution in [0.3, 0.4) is 0 Å². The number of nitrogens with zero attached hydrogens (tertiary/aromatic N) is 1. The molecule has 0 aromatic heterocycles. The van der Waals surface area contributed by atoms with Gasteiger partial charge in [0, 0.05) is 6.54 Å². The summed E-state index contributed by atoms with van der Waals surface area (Å²) in [4.78, 5) is 47.7. The number of nitrogens with two attached hydrogens (primary N) is 1. The van der Waals surface area contributed by atoms with Crippen molar-refractivity contribution in [3.63, 3.8) is 0 Å². The molecule has 5 N–H and O–H groups in total. The number of likely N-dealkylation sites (tertiary alicyclic amines) is 1. The molecule has 0 aromatic carbocycles. The summed E-state index contributed by atoms with van der Waals surface area (Å²) in [6, 6.07) is -3.07. The summed E-state index contributed by atoms with van der Waals surface area (Å²) in [7, 11) is 0. The molecule has 1 saturated heterocycles. The summed E-state index contributed by atoms with van der Waals surface area (Å²) in [5.41, 5.74) is 5.51. The maximum atomic E-state index is 12.6. The zero-order chi connectivity index (χ0) is 18.3. The van der Waals surface area contributed by atoms with Gasteiger partial charge in [-0.05, 0) is 31.3 Å². The van der Waals surface area contributed by atoms with Gasteiger partial charge >= 0.3 is 11.9 Å². The maximum absolute atomic E-state index is 12.6. The van der Waals surface area contributed by atoms with Crippen molar-refractivity contribution in [3.05, 3.63) is 0 Å². The third-order valence-corrected chi connectivity index (χ3v) is 4.42. The van der Waals surface area contributed by atoms with Crippen molar-refractivity contribution in [1.29, 1.82) is 0 Å². The number of amides is 2. The van der Waals surface area contributed by atoms with Gasteiger partial charge in [-0.1, -0.05) is 0 Å².